The summed E-state index contributed by atoms with van der Waals surface area (Å²) in [5.41, 5.74) is 0.219. The number of aliphatic carboxylic acids is 1. The molecule has 2 aromatic rings. The molecule has 0 radical (unpaired) electrons. The normalized spacial score (nSPS) is 20.9. The maximum absolute atomic E-state index is 12.3. The lowest BCUT2D eigenvalue weighted by Gasteiger charge is -2.23. The molecule has 0 bridgehead atoms. The average molecular weight is 300 g/mol. The molecule has 1 aliphatic rings. The van der Waals surface area contributed by atoms with Gasteiger partial charge in [0, 0.05) is 24.6 Å². The number of carbonyl (C=O) groups is 2. The Labute approximate surface area is 127 Å². The molecular weight excluding hydrogens is 284 g/mol. The van der Waals surface area contributed by atoms with Crippen molar-refractivity contribution in [3.63, 3.8) is 0 Å². The molecule has 1 amide bonds. The lowest BCUT2D eigenvalue weighted by atomic mass is 9.98. The second kappa shape index (κ2) is 5.73. The summed E-state index contributed by atoms with van der Waals surface area (Å²) >= 11 is 0. The molecule has 1 fully saturated rings. The van der Waals surface area contributed by atoms with Gasteiger partial charge >= 0.3 is 5.97 Å². The van der Waals surface area contributed by atoms with E-state index in [0.29, 0.717) is 6.61 Å². The standard InChI is InChI=1S/C16H16N2O4/c19-13(18-16(15(20)21)6-8-22-10-16)9-12-4-1-3-11-5-2-7-17-14(11)12/h1-5,7H,6,8-10H2,(H,18,19)(H,20,21). The molecule has 1 atom stereocenters. The topological polar surface area (TPSA) is 88.5 Å². The third-order valence-electron chi connectivity index (χ3n) is 3.88. The molecule has 1 aromatic carbocycles. The molecule has 6 nitrogen and oxygen atoms in total. The Hall–Kier alpha value is -2.47. The summed E-state index contributed by atoms with van der Waals surface area (Å²) in [6.07, 6.45) is 2.04. The van der Waals surface area contributed by atoms with Crippen molar-refractivity contribution in [1.29, 1.82) is 0 Å². The molecule has 114 valence electrons. The molecule has 1 aliphatic heterocycles. The number of rotatable bonds is 4. The van der Waals surface area contributed by atoms with Crippen LogP contribution in [0.4, 0.5) is 0 Å². The number of carboxylic acid groups (broad SMARTS) is 1. The number of para-hydroxylation sites is 1. The van der Waals surface area contributed by atoms with Crippen LogP contribution in [-0.4, -0.2) is 40.7 Å². The van der Waals surface area contributed by atoms with Crippen molar-refractivity contribution in [2.24, 2.45) is 0 Å². The zero-order valence-electron chi connectivity index (χ0n) is 11.9. The van der Waals surface area contributed by atoms with Crippen molar-refractivity contribution in [2.45, 2.75) is 18.4 Å². The average Bonchev–Trinajstić information content (AvgIpc) is 2.97. The highest BCUT2D eigenvalue weighted by Crippen LogP contribution is 2.20. The number of ether oxygens (including phenoxy) is 1. The van der Waals surface area contributed by atoms with Gasteiger partial charge in [-0.1, -0.05) is 24.3 Å². The zero-order chi connectivity index (χ0) is 15.6. The van der Waals surface area contributed by atoms with E-state index in [4.69, 9.17) is 4.74 Å². The molecule has 6 heteroatoms. The van der Waals surface area contributed by atoms with Crippen LogP contribution >= 0.6 is 0 Å². The monoisotopic (exact) mass is 300 g/mol. The zero-order valence-corrected chi connectivity index (χ0v) is 11.9. The number of carbonyl (C=O) groups excluding carboxylic acids is 1. The Kier molecular flexibility index (Phi) is 3.77. The first-order valence-corrected chi connectivity index (χ1v) is 7.05. The largest absolute Gasteiger partial charge is 0.479 e. The van der Waals surface area contributed by atoms with Crippen molar-refractivity contribution in [1.82, 2.24) is 10.3 Å². The van der Waals surface area contributed by atoms with Crippen molar-refractivity contribution < 1.29 is 19.4 Å². The number of hydrogen-bond acceptors (Lipinski definition) is 4. The highest BCUT2D eigenvalue weighted by atomic mass is 16.5. The van der Waals surface area contributed by atoms with Crippen LogP contribution in [-0.2, 0) is 20.7 Å². The summed E-state index contributed by atoms with van der Waals surface area (Å²) in [6.45, 7) is 0.338. The first-order chi connectivity index (χ1) is 10.6. The summed E-state index contributed by atoms with van der Waals surface area (Å²) in [5.74, 6) is -1.40. The molecule has 2 heterocycles. The summed E-state index contributed by atoms with van der Waals surface area (Å²) < 4.78 is 5.14. The molecule has 1 saturated heterocycles. The Morgan fingerprint density at radius 3 is 2.86 bits per heavy atom. The summed E-state index contributed by atoms with van der Waals surface area (Å²) in [6, 6.07) is 9.37. The summed E-state index contributed by atoms with van der Waals surface area (Å²) in [5, 5.41) is 12.9. The van der Waals surface area contributed by atoms with Crippen LogP contribution < -0.4 is 5.32 Å². The van der Waals surface area contributed by atoms with Gasteiger partial charge in [0.1, 0.15) is 0 Å². The predicted molar refractivity (Wildman–Crippen MR) is 79.4 cm³/mol. The number of aromatic nitrogens is 1. The van der Waals surface area contributed by atoms with Gasteiger partial charge in [0.05, 0.1) is 18.5 Å². The summed E-state index contributed by atoms with van der Waals surface area (Å²) in [4.78, 5) is 28.0. The molecule has 1 unspecified atom stereocenters. The number of fused-ring (bicyclic) bond motifs is 1. The van der Waals surface area contributed by atoms with E-state index >= 15 is 0 Å². The number of nitrogens with zero attached hydrogens (tertiary/aromatic N) is 1. The van der Waals surface area contributed by atoms with Gasteiger partial charge in [-0.15, -0.1) is 0 Å². The van der Waals surface area contributed by atoms with Gasteiger partial charge in [0.15, 0.2) is 5.54 Å². The first kappa shape index (κ1) is 14.5. The lowest BCUT2D eigenvalue weighted by Crippen LogP contribution is -2.55. The van der Waals surface area contributed by atoms with E-state index in [2.05, 4.69) is 10.3 Å². The maximum Gasteiger partial charge on any atom is 0.331 e. The molecule has 1 aromatic heterocycles. The van der Waals surface area contributed by atoms with E-state index in [-0.39, 0.29) is 25.4 Å². The van der Waals surface area contributed by atoms with Gasteiger partial charge in [-0.05, 0) is 11.6 Å². The Balaban J connectivity index is 1.80. The minimum atomic E-state index is -1.31. The highest BCUT2D eigenvalue weighted by molar-refractivity contribution is 5.91. The van der Waals surface area contributed by atoms with Gasteiger partial charge in [0.2, 0.25) is 5.91 Å². The first-order valence-electron chi connectivity index (χ1n) is 7.05. The van der Waals surface area contributed by atoms with Gasteiger partial charge in [-0.3, -0.25) is 9.78 Å². The van der Waals surface area contributed by atoms with Gasteiger partial charge < -0.3 is 15.2 Å². The van der Waals surface area contributed by atoms with Crippen molar-refractivity contribution >= 4 is 22.8 Å². The van der Waals surface area contributed by atoms with Crippen LogP contribution in [0, 0.1) is 0 Å². The second-order valence-electron chi connectivity index (χ2n) is 5.41. The van der Waals surface area contributed by atoms with Crippen molar-refractivity contribution in [3.8, 4) is 0 Å². The van der Waals surface area contributed by atoms with E-state index in [9.17, 15) is 14.7 Å². The predicted octanol–water partition coefficient (Wildman–Crippen LogP) is 1.14. The highest BCUT2D eigenvalue weighted by Gasteiger charge is 2.43. The minimum absolute atomic E-state index is 0.00185. The Bertz CT molecular complexity index is 718. The van der Waals surface area contributed by atoms with Gasteiger partial charge in [-0.2, -0.15) is 0 Å². The minimum Gasteiger partial charge on any atom is -0.479 e. The Morgan fingerprint density at radius 1 is 1.32 bits per heavy atom. The molecule has 3 rings (SSSR count). The van der Waals surface area contributed by atoms with Crippen LogP contribution in [0.2, 0.25) is 0 Å². The molecule has 0 spiro atoms. The third-order valence-corrected chi connectivity index (χ3v) is 3.88. The second-order valence-corrected chi connectivity index (χ2v) is 5.41. The third kappa shape index (κ3) is 2.65. The van der Waals surface area contributed by atoms with Crippen LogP contribution in [0.25, 0.3) is 10.9 Å². The molecule has 22 heavy (non-hydrogen) atoms. The van der Waals surface area contributed by atoms with E-state index in [1.165, 1.54) is 0 Å². The molecule has 0 saturated carbocycles. The number of hydrogen-bond donors (Lipinski definition) is 2. The lowest BCUT2D eigenvalue weighted by molar-refractivity contribution is -0.147. The van der Waals surface area contributed by atoms with E-state index < -0.39 is 11.5 Å². The van der Waals surface area contributed by atoms with E-state index in [0.717, 1.165) is 16.5 Å². The fourth-order valence-corrected chi connectivity index (χ4v) is 2.68. The van der Waals surface area contributed by atoms with Gasteiger partial charge in [-0.25, -0.2) is 4.79 Å². The number of amides is 1. The molecule has 2 N–H and O–H groups in total. The SMILES string of the molecule is O=C(Cc1cccc2cccnc12)NC1(C(=O)O)CCOC1. The van der Waals surface area contributed by atoms with Crippen molar-refractivity contribution in [2.75, 3.05) is 13.2 Å². The summed E-state index contributed by atoms with van der Waals surface area (Å²) in [7, 11) is 0. The van der Waals surface area contributed by atoms with E-state index in [1.54, 1.807) is 6.20 Å². The Morgan fingerprint density at radius 2 is 2.14 bits per heavy atom. The molecule has 0 aliphatic carbocycles. The van der Waals surface area contributed by atoms with Crippen LogP contribution in [0.15, 0.2) is 36.5 Å². The van der Waals surface area contributed by atoms with Crippen LogP contribution in [0.3, 0.4) is 0 Å². The van der Waals surface area contributed by atoms with E-state index in [1.807, 2.05) is 30.3 Å². The number of pyridine rings is 1. The number of carboxylic acids is 1. The van der Waals surface area contributed by atoms with Crippen molar-refractivity contribution in [3.05, 3.63) is 42.1 Å². The maximum atomic E-state index is 12.3. The quantitative estimate of drug-likeness (QED) is 0.884. The fraction of sp³-hybridized carbons (Fsp3) is 0.312. The smallest absolute Gasteiger partial charge is 0.331 e. The molecular formula is C16H16N2O4. The number of nitrogens with one attached hydrogen (secondary N) is 1. The van der Waals surface area contributed by atoms with Crippen LogP contribution in [0.5, 0.6) is 0 Å². The fourth-order valence-electron chi connectivity index (χ4n) is 2.68. The van der Waals surface area contributed by atoms with Gasteiger partial charge in [0.25, 0.3) is 0 Å². The number of benzene rings is 1. The van der Waals surface area contributed by atoms with Crippen LogP contribution in [0.1, 0.15) is 12.0 Å².